The number of anilines is 3. The van der Waals surface area contributed by atoms with Gasteiger partial charge in [0.05, 0.1) is 5.69 Å². The molecule has 0 radical (unpaired) electrons. The van der Waals surface area contributed by atoms with Crippen LogP contribution in [0.3, 0.4) is 0 Å². The highest BCUT2D eigenvalue weighted by Crippen LogP contribution is 2.54. The maximum absolute atomic E-state index is 2.42. The van der Waals surface area contributed by atoms with Gasteiger partial charge in [-0.1, -0.05) is 119 Å². The first-order valence-corrected chi connectivity index (χ1v) is 16.3. The third kappa shape index (κ3) is 3.98. The summed E-state index contributed by atoms with van der Waals surface area (Å²) in [5.74, 6) is 0. The van der Waals surface area contributed by atoms with Gasteiger partial charge in [-0.15, -0.1) is 11.3 Å². The number of fused-ring (bicyclic) bond motifs is 6. The second-order valence-electron chi connectivity index (χ2n) is 13.0. The molecular weight excluding hydrogens is 551 g/mol. The van der Waals surface area contributed by atoms with E-state index in [-0.39, 0.29) is 10.8 Å². The molecule has 0 spiro atoms. The predicted octanol–water partition coefficient (Wildman–Crippen LogP) is 12.4. The molecule has 0 unspecified atom stereocenters. The van der Waals surface area contributed by atoms with Gasteiger partial charge in [-0.3, -0.25) is 0 Å². The molecule has 0 N–H and O–H groups in total. The van der Waals surface area contributed by atoms with Gasteiger partial charge >= 0.3 is 0 Å². The number of nitrogens with zero attached hydrogens (tertiary/aromatic N) is 1. The summed E-state index contributed by atoms with van der Waals surface area (Å²) in [6.07, 6.45) is 0. The number of rotatable bonds is 4. The minimum absolute atomic E-state index is 0.00314. The highest BCUT2D eigenvalue weighted by atomic mass is 32.1. The standard InChI is InChI=1S/C42H35NS/c1-41(2)35-20-10-8-18-32(35)34-27-29(24-25-36(34)42(41,3)4)28-14-12-17-31(26-28)43(30-15-6-5-7-16-30)37-21-13-23-39-40(37)33-19-9-11-22-38(33)44-39/h5-27H,1-4H3. The number of hydrogen-bond acceptors (Lipinski definition) is 2. The Bertz CT molecular complexity index is 2180. The Labute approximate surface area is 264 Å². The first-order chi connectivity index (χ1) is 21.3. The van der Waals surface area contributed by atoms with Gasteiger partial charge in [-0.05, 0) is 92.7 Å². The van der Waals surface area contributed by atoms with Crippen molar-refractivity contribution in [1.29, 1.82) is 0 Å². The van der Waals surface area contributed by atoms with E-state index in [0.29, 0.717) is 0 Å². The van der Waals surface area contributed by atoms with Gasteiger partial charge in [0.1, 0.15) is 0 Å². The topological polar surface area (TPSA) is 3.24 Å². The van der Waals surface area contributed by atoms with E-state index in [4.69, 9.17) is 0 Å². The van der Waals surface area contributed by atoms with Crippen molar-refractivity contribution in [2.24, 2.45) is 0 Å². The summed E-state index contributed by atoms with van der Waals surface area (Å²) >= 11 is 1.86. The summed E-state index contributed by atoms with van der Waals surface area (Å²) in [7, 11) is 0. The van der Waals surface area contributed by atoms with Gasteiger partial charge < -0.3 is 4.90 Å². The lowest BCUT2D eigenvalue weighted by molar-refractivity contribution is 0.299. The molecule has 0 aliphatic heterocycles. The summed E-state index contributed by atoms with van der Waals surface area (Å²) in [4.78, 5) is 2.42. The van der Waals surface area contributed by atoms with Crippen LogP contribution in [-0.2, 0) is 10.8 Å². The molecule has 8 rings (SSSR count). The lowest BCUT2D eigenvalue weighted by Gasteiger charge is -2.48. The van der Waals surface area contributed by atoms with E-state index in [0.717, 1.165) is 11.4 Å². The van der Waals surface area contributed by atoms with Crippen molar-refractivity contribution < 1.29 is 0 Å². The Morgan fingerprint density at radius 2 is 1.11 bits per heavy atom. The largest absolute Gasteiger partial charge is 0.310 e. The third-order valence-corrected chi connectivity index (χ3v) is 11.4. The number of thiophene rings is 1. The molecule has 1 aliphatic carbocycles. The summed E-state index contributed by atoms with van der Waals surface area (Å²) < 4.78 is 2.62. The molecule has 0 amide bonds. The van der Waals surface area contributed by atoms with Crippen LogP contribution in [0, 0.1) is 0 Å². The van der Waals surface area contributed by atoms with Crippen LogP contribution in [-0.4, -0.2) is 0 Å². The fourth-order valence-corrected chi connectivity index (χ4v) is 8.33. The molecular formula is C42H35NS. The number of benzene rings is 6. The molecule has 44 heavy (non-hydrogen) atoms. The highest BCUT2D eigenvalue weighted by molar-refractivity contribution is 7.26. The Balaban J connectivity index is 1.31. The average Bonchev–Trinajstić information content (AvgIpc) is 3.44. The zero-order valence-corrected chi connectivity index (χ0v) is 26.5. The van der Waals surface area contributed by atoms with Crippen molar-refractivity contribution in [2.45, 2.75) is 38.5 Å². The molecule has 1 aliphatic rings. The SMILES string of the molecule is CC1(C)c2ccccc2-c2cc(-c3cccc(N(c4ccccc4)c4cccc5sc6ccccc6c45)c3)ccc2C1(C)C. The van der Waals surface area contributed by atoms with Crippen molar-refractivity contribution in [1.82, 2.24) is 0 Å². The van der Waals surface area contributed by atoms with Crippen LogP contribution in [0.1, 0.15) is 38.8 Å². The Kier molecular flexibility index (Phi) is 6.08. The minimum atomic E-state index is 0.00314. The van der Waals surface area contributed by atoms with Crippen molar-refractivity contribution in [3.8, 4) is 22.3 Å². The molecule has 6 aromatic carbocycles. The van der Waals surface area contributed by atoms with E-state index in [1.165, 1.54) is 59.2 Å². The zero-order valence-electron chi connectivity index (χ0n) is 25.6. The highest BCUT2D eigenvalue weighted by Gasteiger charge is 2.45. The smallest absolute Gasteiger partial charge is 0.0554 e. The van der Waals surface area contributed by atoms with Crippen LogP contribution < -0.4 is 4.90 Å². The summed E-state index contributed by atoms with van der Waals surface area (Å²) in [6.45, 7) is 9.58. The third-order valence-electron chi connectivity index (χ3n) is 10.2. The van der Waals surface area contributed by atoms with Crippen LogP contribution in [0.4, 0.5) is 17.1 Å². The predicted molar refractivity (Wildman–Crippen MR) is 191 cm³/mol. The van der Waals surface area contributed by atoms with E-state index >= 15 is 0 Å². The molecule has 0 fully saturated rings. The van der Waals surface area contributed by atoms with Crippen molar-refractivity contribution in [3.05, 3.63) is 151 Å². The van der Waals surface area contributed by atoms with E-state index in [2.05, 4.69) is 172 Å². The van der Waals surface area contributed by atoms with Gasteiger partial charge in [-0.25, -0.2) is 0 Å². The molecule has 7 aromatic rings. The molecule has 0 saturated heterocycles. The first kappa shape index (κ1) is 26.9. The van der Waals surface area contributed by atoms with E-state index < -0.39 is 0 Å². The van der Waals surface area contributed by atoms with Gasteiger partial charge in [0.25, 0.3) is 0 Å². The van der Waals surface area contributed by atoms with Gasteiger partial charge in [0, 0.05) is 31.5 Å². The Morgan fingerprint density at radius 3 is 1.95 bits per heavy atom. The molecule has 2 heteroatoms. The van der Waals surface area contributed by atoms with Crippen LogP contribution in [0.15, 0.2) is 140 Å². The zero-order chi connectivity index (χ0) is 30.1. The molecule has 214 valence electrons. The summed E-state index contributed by atoms with van der Waals surface area (Å²) in [5.41, 5.74) is 11.5. The molecule has 0 atom stereocenters. The van der Waals surface area contributed by atoms with E-state index in [1.807, 2.05) is 11.3 Å². The Hall–Kier alpha value is -4.66. The van der Waals surface area contributed by atoms with Crippen LogP contribution in [0.5, 0.6) is 0 Å². The quantitative estimate of drug-likeness (QED) is 0.199. The monoisotopic (exact) mass is 585 g/mol. The second kappa shape index (κ2) is 9.94. The fraction of sp³-hybridized carbons (Fsp3) is 0.143. The van der Waals surface area contributed by atoms with Crippen LogP contribution >= 0.6 is 11.3 Å². The Morgan fingerprint density at radius 1 is 0.477 bits per heavy atom. The fourth-order valence-electron chi connectivity index (χ4n) is 7.20. The molecule has 1 heterocycles. The average molecular weight is 586 g/mol. The maximum atomic E-state index is 2.42. The lowest BCUT2D eigenvalue weighted by Crippen LogP contribution is -2.43. The second-order valence-corrected chi connectivity index (χ2v) is 14.1. The van der Waals surface area contributed by atoms with E-state index in [1.54, 1.807) is 0 Å². The molecule has 0 bridgehead atoms. The summed E-state index contributed by atoms with van der Waals surface area (Å²) in [6, 6.07) is 51.4. The van der Waals surface area contributed by atoms with Crippen LogP contribution in [0.25, 0.3) is 42.4 Å². The summed E-state index contributed by atoms with van der Waals surface area (Å²) in [5, 5.41) is 2.61. The van der Waals surface area contributed by atoms with Crippen molar-refractivity contribution in [3.63, 3.8) is 0 Å². The number of hydrogen-bond donors (Lipinski definition) is 0. The first-order valence-electron chi connectivity index (χ1n) is 15.4. The molecule has 0 saturated carbocycles. The van der Waals surface area contributed by atoms with Crippen molar-refractivity contribution in [2.75, 3.05) is 4.90 Å². The van der Waals surface area contributed by atoms with Crippen molar-refractivity contribution >= 4 is 48.6 Å². The van der Waals surface area contributed by atoms with Crippen LogP contribution in [0.2, 0.25) is 0 Å². The maximum Gasteiger partial charge on any atom is 0.0554 e. The normalized spacial score (nSPS) is 14.7. The molecule has 1 aromatic heterocycles. The lowest BCUT2D eigenvalue weighted by atomic mass is 9.55. The van der Waals surface area contributed by atoms with Gasteiger partial charge in [0.15, 0.2) is 0 Å². The van der Waals surface area contributed by atoms with Gasteiger partial charge in [0.2, 0.25) is 0 Å². The van der Waals surface area contributed by atoms with E-state index in [9.17, 15) is 0 Å². The minimum Gasteiger partial charge on any atom is -0.310 e. The van der Waals surface area contributed by atoms with Gasteiger partial charge in [-0.2, -0.15) is 0 Å². The molecule has 1 nitrogen and oxygen atoms in total. The number of para-hydroxylation sites is 1.